The molecule has 2 amide bonds. The van der Waals surface area contributed by atoms with Gasteiger partial charge in [0.1, 0.15) is 23.2 Å². The van der Waals surface area contributed by atoms with Crippen molar-refractivity contribution in [2.24, 2.45) is 0 Å². The third-order valence-electron chi connectivity index (χ3n) is 7.51. The molecule has 1 aliphatic carbocycles. The zero-order valence-corrected chi connectivity index (χ0v) is 21.8. The second-order valence-electron chi connectivity index (χ2n) is 9.91. The Labute approximate surface area is 229 Å². The Morgan fingerprint density at radius 1 is 1.02 bits per heavy atom. The van der Waals surface area contributed by atoms with Gasteiger partial charge in [-0.1, -0.05) is 18.2 Å². The third-order valence-corrected chi connectivity index (χ3v) is 7.51. The molecule has 2 aliphatic heterocycles. The molecule has 2 atom stereocenters. The number of ether oxygens (including phenoxy) is 1. The molecule has 4 N–H and O–H groups in total. The molecule has 0 spiro atoms. The summed E-state index contributed by atoms with van der Waals surface area (Å²) in [6.45, 7) is 4.32. The number of aromatic nitrogens is 1. The molecule has 40 heavy (non-hydrogen) atoms. The Morgan fingerprint density at radius 3 is 2.52 bits per heavy atom. The summed E-state index contributed by atoms with van der Waals surface area (Å²) in [6, 6.07) is 15.3. The van der Waals surface area contributed by atoms with Crippen LogP contribution in [0.3, 0.4) is 0 Å². The zero-order chi connectivity index (χ0) is 28.1. The maximum atomic E-state index is 14.5. The molecule has 1 aromatic heterocycles. The second kappa shape index (κ2) is 9.75. The van der Waals surface area contributed by atoms with Crippen LogP contribution in [0.4, 0.5) is 14.6 Å². The summed E-state index contributed by atoms with van der Waals surface area (Å²) in [4.78, 5) is 30.4. The fraction of sp³-hybridized carbons (Fsp3) is 0.194. The number of fused-ring (bicyclic) bond motifs is 1. The normalized spacial score (nSPS) is 16.6. The van der Waals surface area contributed by atoms with E-state index < -0.39 is 23.6 Å². The third kappa shape index (κ3) is 4.23. The van der Waals surface area contributed by atoms with E-state index in [4.69, 9.17) is 10.5 Å². The Balaban J connectivity index is 1.31. The van der Waals surface area contributed by atoms with Crippen LogP contribution in [-0.2, 0) is 11.3 Å². The molecular weight excluding hydrogens is 514 g/mol. The van der Waals surface area contributed by atoms with Crippen molar-refractivity contribution < 1.29 is 23.1 Å². The van der Waals surface area contributed by atoms with Gasteiger partial charge < -0.3 is 21.1 Å². The van der Waals surface area contributed by atoms with E-state index in [1.807, 2.05) is 32.0 Å². The summed E-state index contributed by atoms with van der Waals surface area (Å²) in [6.07, 6.45) is 0. The first-order valence-electron chi connectivity index (χ1n) is 13.0. The molecule has 0 fully saturated rings. The van der Waals surface area contributed by atoms with Crippen molar-refractivity contribution in [3.05, 3.63) is 111 Å². The summed E-state index contributed by atoms with van der Waals surface area (Å²) < 4.78 is 33.7. The predicted molar refractivity (Wildman–Crippen MR) is 146 cm³/mol. The second-order valence-corrected chi connectivity index (χ2v) is 9.91. The predicted octanol–water partition coefficient (Wildman–Crippen LogP) is 4.91. The Hall–Kier alpha value is -4.79. The maximum absolute atomic E-state index is 14.5. The van der Waals surface area contributed by atoms with Crippen LogP contribution < -0.4 is 21.1 Å². The van der Waals surface area contributed by atoms with Gasteiger partial charge in [-0.2, -0.15) is 0 Å². The Bertz CT molecular complexity index is 1700. The molecule has 9 heteroatoms. The van der Waals surface area contributed by atoms with Crippen molar-refractivity contribution in [2.45, 2.75) is 32.4 Å². The lowest BCUT2D eigenvalue weighted by Crippen LogP contribution is -2.45. The smallest absolute Gasteiger partial charge is 0.251 e. The highest BCUT2D eigenvalue weighted by molar-refractivity contribution is 5.97. The van der Waals surface area contributed by atoms with E-state index >= 15 is 0 Å². The number of hydrogen-bond donors (Lipinski definition) is 3. The molecule has 7 nitrogen and oxygen atoms in total. The molecule has 4 aromatic rings. The number of benzene rings is 3. The van der Waals surface area contributed by atoms with Crippen molar-refractivity contribution in [3.63, 3.8) is 0 Å². The van der Waals surface area contributed by atoms with Crippen molar-refractivity contribution in [1.82, 2.24) is 15.6 Å². The lowest BCUT2D eigenvalue weighted by atomic mass is 9.70. The van der Waals surface area contributed by atoms with E-state index in [1.165, 1.54) is 12.1 Å². The van der Waals surface area contributed by atoms with Gasteiger partial charge in [0.25, 0.3) is 5.91 Å². The Kier molecular flexibility index (Phi) is 6.21. The van der Waals surface area contributed by atoms with Gasteiger partial charge in [-0.3, -0.25) is 9.59 Å². The minimum atomic E-state index is -0.664. The highest BCUT2D eigenvalue weighted by Crippen LogP contribution is 2.47. The number of hydrogen-bond acceptors (Lipinski definition) is 5. The van der Waals surface area contributed by atoms with Crippen LogP contribution >= 0.6 is 0 Å². The number of amides is 2. The summed E-state index contributed by atoms with van der Waals surface area (Å²) >= 11 is 0. The number of aryl methyl sites for hydroxylation is 1. The Morgan fingerprint density at radius 2 is 1.77 bits per heavy atom. The monoisotopic (exact) mass is 540 g/mol. The van der Waals surface area contributed by atoms with Gasteiger partial charge >= 0.3 is 0 Å². The average molecular weight is 541 g/mol. The topological polar surface area (TPSA) is 106 Å². The molecule has 0 radical (unpaired) electrons. The largest absolute Gasteiger partial charge is 0.493 e. The van der Waals surface area contributed by atoms with Gasteiger partial charge in [0.05, 0.1) is 18.6 Å². The van der Waals surface area contributed by atoms with Crippen LogP contribution in [0.5, 0.6) is 5.75 Å². The van der Waals surface area contributed by atoms with E-state index in [2.05, 4.69) is 15.6 Å². The van der Waals surface area contributed by atoms with Crippen molar-refractivity contribution >= 4 is 17.6 Å². The van der Waals surface area contributed by atoms with Crippen molar-refractivity contribution in [3.8, 4) is 16.9 Å². The van der Waals surface area contributed by atoms with Crippen LogP contribution in [0, 0.1) is 18.6 Å². The van der Waals surface area contributed by atoms with Crippen molar-refractivity contribution in [1.29, 1.82) is 0 Å². The standard InChI is InChI=1S/C31H26F2N4O3/c1-3-40-26-13-27(34)36-15(2)24(26)14-35-30(38)17-5-8-21-23(11-17)29-22-10-16(19-9-6-18(32)12-25(19)33)4-7-20(22)28(21)31(39)37-29/h4-13,28-29H,3,14H2,1-2H3,(H2,34,36)(H,35,38)(H,37,39). The van der Waals surface area contributed by atoms with Crippen LogP contribution in [0.15, 0.2) is 60.7 Å². The molecule has 0 saturated heterocycles. The molecular formula is C31H26F2N4O3. The van der Waals surface area contributed by atoms with E-state index in [0.29, 0.717) is 35.0 Å². The number of anilines is 1. The minimum Gasteiger partial charge on any atom is -0.493 e. The summed E-state index contributed by atoms with van der Waals surface area (Å²) in [5.74, 6) is -1.37. The lowest BCUT2D eigenvalue weighted by molar-refractivity contribution is -0.123. The van der Waals surface area contributed by atoms with Crippen molar-refractivity contribution in [2.75, 3.05) is 12.3 Å². The molecule has 7 rings (SSSR count). The number of nitrogens with zero attached hydrogens (tertiary/aromatic N) is 1. The van der Waals surface area contributed by atoms with E-state index in [-0.39, 0.29) is 23.9 Å². The first kappa shape index (κ1) is 25.5. The number of nitrogens with one attached hydrogen (secondary N) is 2. The van der Waals surface area contributed by atoms with E-state index in [1.54, 1.807) is 24.3 Å². The molecule has 2 bridgehead atoms. The number of halogens is 2. The van der Waals surface area contributed by atoms with Gasteiger partial charge in [-0.15, -0.1) is 0 Å². The van der Waals surface area contributed by atoms with Crippen LogP contribution in [0.1, 0.15) is 62.8 Å². The van der Waals surface area contributed by atoms with Gasteiger partial charge in [-0.05, 0) is 72.0 Å². The minimum absolute atomic E-state index is 0.127. The van der Waals surface area contributed by atoms with Crippen LogP contribution in [-0.4, -0.2) is 23.4 Å². The number of nitrogen functional groups attached to an aromatic ring is 1. The lowest BCUT2D eigenvalue weighted by Gasteiger charge is -2.40. The fourth-order valence-corrected chi connectivity index (χ4v) is 5.67. The van der Waals surface area contributed by atoms with E-state index in [9.17, 15) is 18.4 Å². The fourth-order valence-electron chi connectivity index (χ4n) is 5.67. The summed E-state index contributed by atoms with van der Waals surface area (Å²) in [5, 5.41) is 5.96. The average Bonchev–Trinajstić information content (AvgIpc) is 2.92. The SMILES string of the molecule is CCOc1cc(N)nc(C)c1CNC(=O)c1ccc2c(c1)C1NC(=O)C2c2ccc(-c3ccc(F)cc3F)cc21. The number of pyridine rings is 1. The molecule has 3 aromatic carbocycles. The highest BCUT2D eigenvalue weighted by Gasteiger charge is 2.43. The van der Waals surface area contributed by atoms with Gasteiger partial charge in [0, 0.05) is 41.1 Å². The molecule has 202 valence electrons. The molecule has 3 aliphatic rings. The first-order valence-corrected chi connectivity index (χ1v) is 13.0. The van der Waals surface area contributed by atoms with E-state index in [0.717, 1.165) is 33.9 Å². The van der Waals surface area contributed by atoms with Crippen LogP contribution in [0.2, 0.25) is 0 Å². The number of rotatable bonds is 6. The molecule has 0 saturated carbocycles. The number of carbonyl (C=O) groups is 2. The van der Waals surface area contributed by atoms with Gasteiger partial charge in [-0.25, -0.2) is 13.8 Å². The molecule has 2 unspecified atom stereocenters. The molecule has 3 heterocycles. The summed E-state index contributed by atoms with van der Waals surface area (Å²) in [7, 11) is 0. The van der Waals surface area contributed by atoms with Gasteiger partial charge in [0.2, 0.25) is 5.91 Å². The number of nitrogens with two attached hydrogens (primary N) is 1. The van der Waals surface area contributed by atoms with Crippen LogP contribution in [0.25, 0.3) is 11.1 Å². The quantitative estimate of drug-likeness (QED) is 0.322. The number of carbonyl (C=O) groups excluding carboxylic acids is 2. The zero-order valence-electron chi connectivity index (χ0n) is 21.8. The summed E-state index contributed by atoms with van der Waals surface area (Å²) in [5.41, 5.74) is 11.8. The maximum Gasteiger partial charge on any atom is 0.251 e. The first-order chi connectivity index (χ1) is 19.2. The highest BCUT2D eigenvalue weighted by atomic mass is 19.1. The van der Waals surface area contributed by atoms with Gasteiger partial charge in [0.15, 0.2) is 0 Å².